The summed E-state index contributed by atoms with van der Waals surface area (Å²) in [6.07, 6.45) is 84.9. The highest BCUT2D eigenvalue weighted by Gasteiger charge is 2.19. The van der Waals surface area contributed by atoms with Crippen LogP contribution in [0.3, 0.4) is 0 Å². The van der Waals surface area contributed by atoms with Gasteiger partial charge in [-0.15, -0.1) is 0 Å². The zero-order valence-corrected chi connectivity index (χ0v) is 48.1. The Bertz CT molecular complexity index is 1550. The van der Waals surface area contributed by atoms with Gasteiger partial charge in [-0.25, -0.2) is 0 Å². The van der Waals surface area contributed by atoms with Crippen LogP contribution in [0.2, 0.25) is 0 Å². The fraction of sp³-hybridized carbons (Fsp3) is 0.662. The van der Waals surface area contributed by atoms with Crippen LogP contribution in [-0.2, 0) is 28.6 Å². The van der Waals surface area contributed by atoms with Crippen LogP contribution in [0.15, 0.2) is 122 Å². The SMILES string of the molecule is CC/C=C\C/C=C\C/C=C\C/C=C\C/C=C\C/C=C\C/C=C\C/C=C\CCCCCCCCC(=O)OCC(COC(=O)CCCCCCC/C=C\CCC)OC(=O)CCCCCCC/C=C\CCCCCCCC. The topological polar surface area (TPSA) is 78.9 Å². The highest BCUT2D eigenvalue weighted by atomic mass is 16.6. The molecule has 1 atom stereocenters. The van der Waals surface area contributed by atoms with Crippen molar-refractivity contribution in [2.24, 2.45) is 0 Å². The third kappa shape index (κ3) is 58.7. The largest absolute Gasteiger partial charge is 0.462 e. The van der Waals surface area contributed by atoms with Crippen LogP contribution >= 0.6 is 0 Å². The quantitative estimate of drug-likeness (QED) is 0.0261. The van der Waals surface area contributed by atoms with Gasteiger partial charge in [0.25, 0.3) is 0 Å². The average molecular weight is 1030 g/mol. The Morgan fingerprint density at radius 2 is 0.554 bits per heavy atom. The second kappa shape index (κ2) is 61.4. The van der Waals surface area contributed by atoms with Crippen LogP contribution in [-0.4, -0.2) is 37.2 Å². The molecule has 0 rings (SSSR count). The second-order valence-electron chi connectivity index (χ2n) is 19.9. The fourth-order valence-electron chi connectivity index (χ4n) is 8.10. The monoisotopic (exact) mass is 1020 g/mol. The van der Waals surface area contributed by atoms with Crippen molar-refractivity contribution < 1.29 is 28.6 Å². The number of hydrogen-bond acceptors (Lipinski definition) is 6. The van der Waals surface area contributed by atoms with Crippen LogP contribution in [0.1, 0.15) is 271 Å². The lowest BCUT2D eigenvalue weighted by Crippen LogP contribution is -2.30. The molecule has 0 aliphatic carbocycles. The van der Waals surface area contributed by atoms with E-state index in [2.05, 4.69) is 142 Å². The first-order valence-corrected chi connectivity index (χ1v) is 30.5. The minimum atomic E-state index is -0.794. The first-order valence-electron chi connectivity index (χ1n) is 30.5. The molecule has 0 amide bonds. The van der Waals surface area contributed by atoms with Gasteiger partial charge in [0.2, 0.25) is 0 Å². The lowest BCUT2D eigenvalue weighted by atomic mass is 10.1. The first kappa shape index (κ1) is 69.8. The van der Waals surface area contributed by atoms with Crippen molar-refractivity contribution in [1.82, 2.24) is 0 Å². The zero-order valence-electron chi connectivity index (χ0n) is 48.1. The molecular formula is C68H112O6. The number of ether oxygens (including phenoxy) is 3. The van der Waals surface area contributed by atoms with Crippen LogP contribution in [0.4, 0.5) is 0 Å². The van der Waals surface area contributed by atoms with Crippen molar-refractivity contribution in [2.45, 2.75) is 277 Å². The van der Waals surface area contributed by atoms with Crippen molar-refractivity contribution in [3.8, 4) is 0 Å². The number of esters is 3. The minimum Gasteiger partial charge on any atom is -0.462 e. The Hall–Kier alpha value is -4.19. The molecule has 0 aromatic rings. The van der Waals surface area contributed by atoms with E-state index in [1.54, 1.807) is 0 Å². The lowest BCUT2D eigenvalue weighted by molar-refractivity contribution is -0.167. The van der Waals surface area contributed by atoms with Crippen LogP contribution in [0.5, 0.6) is 0 Å². The van der Waals surface area contributed by atoms with Crippen LogP contribution < -0.4 is 0 Å². The molecule has 0 aliphatic rings. The van der Waals surface area contributed by atoms with Gasteiger partial charge in [-0.05, 0) is 128 Å². The Balaban J connectivity index is 4.28. The summed E-state index contributed by atoms with van der Waals surface area (Å²) < 4.78 is 16.8. The lowest BCUT2D eigenvalue weighted by Gasteiger charge is -2.18. The molecule has 0 N–H and O–H groups in total. The summed E-state index contributed by atoms with van der Waals surface area (Å²) in [5, 5.41) is 0. The van der Waals surface area contributed by atoms with E-state index in [-0.39, 0.29) is 31.1 Å². The van der Waals surface area contributed by atoms with Gasteiger partial charge in [0.05, 0.1) is 0 Å². The van der Waals surface area contributed by atoms with Gasteiger partial charge in [0.1, 0.15) is 13.2 Å². The highest BCUT2D eigenvalue weighted by molar-refractivity contribution is 5.71. The molecule has 6 nitrogen and oxygen atoms in total. The molecule has 420 valence electrons. The predicted molar refractivity (Wildman–Crippen MR) is 320 cm³/mol. The van der Waals surface area contributed by atoms with Gasteiger partial charge < -0.3 is 14.2 Å². The van der Waals surface area contributed by atoms with Crippen molar-refractivity contribution in [1.29, 1.82) is 0 Å². The molecule has 0 spiro atoms. The van der Waals surface area contributed by atoms with Gasteiger partial charge in [-0.1, -0.05) is 245 Å². The zero-order chi connectivity index (χ0) is 53.6. The van der Waals surface area contributed by atoms with E-state index in [1.165, 1.54) is 77.0 Å². The normalized spacial score (nSPS) is 13.0. The molecule has 0 bridgehead atoms. The Morgan fingerprint density at radius 3 is 0.892 bits per heavy atom. The van der Waals surface area contributed by atoms with Crippen molar-refractivity contribution in [3.63, 3.8) is 0 Å². The summed E-state index contributed by atoms with van der Waals surface area (Å²) in [5.41, 5.74) is 0. The third-order valence-electron chi connectivity index (χ3n) is 12.7. The molecule has 0 aromatic heterocycles. The molecule has 0 aliphatic heterocycles. The number of unbranched alkanes of at least 4 members (excludes halogenated alkanes) is 23. The molecule has 0 heterocycles. The number of allylic oxidation sites excluding steroid dienone is 20. The average Bonchev–Trinajstić information content (AvgIpc) is 3.40. The van der Waals surface area contributed by atoms with Gasteiger partial charge in [0, 0.05) is 19.3 Å². The standard InChI is InChI=1S/C68H112O6/c1-4-7-10-13-16-19-22-24-26-27-28-29-30-31-32-33-34-35-36-37-38-39-40-41-43-44-46-49-52-55-58-61-67(70)73-64-65(63-72-66(69)60-57-54-51-48-21-18-15-12-9-6-3)74-68(71)62-59-56-53-50-47-45-42-25-23-20-17-14-11-8-5-2/h7,10,12,15-16,19,24-26,28-29,31-32,34-35,37-38,40-42,65H,4-6,8-9,11,13-14,17-18,20-23,27,30,33,36,39,43-64H2,1-3H3/b10-7-,15-12-,19-16-,26-24-,29-28-,32-31-,35-34-,38-37-,41-40-,42-25-. The van der Waals surface area contributed by atoms with E-state index in [0.29, 0.717) is 19.3 Å². The third-order valence-corrected chi connectivity index (χ3v) is 12.7. The number of rotatable bonds is 54. The predicted octanol–water partition coefficient (Wildman–Crippen LogP) is 20.8. The van der Waals surface area contributed by atoms with Gasteiger partial charge in [0.15, 0.2) is 6.10 Å². The number of carbonyl (C=O) groups excluding carboxylic acids is 3. The maximum atomic E-state index is 12.8. The maximum absolute atomic E-state index is 12.8. The molecule has 0 aromatic carbocycles. The van der Waals surface area contributed by atoms with E-state index in [0.717, 1.165) is 154 Å². The Labute approximate surface area is 456 Å². The van der Waals surface area contributed by atoms with Crippen molar-refractivity contribution in [2.75, 3.05) is 13.2 Å². The van der Waals surface area contributed by atoms with Gasteiger partial charge >= 0.3 is 17.9 Å². The molecule has 0 fully saturated rings. The van der Waals surface area contributed by atoms with Crippen molar-refractivity contribution in [3.05, 3.63) is 122 Å². The Kier molecular flexibility index (Phi) is 57.9. The second-order valence-corrected chi connectivity index (χ2v) is 19.9. The molecule has 0 radical (unpaired) electrons. The summed E-state index contributed by atoms with van der Waals surface area (Å²) in [7, 11) is 0. The van der Waals surface area contributed by atoms with E-state index in [9.17, 15) is 14.4 Å². The summed E-state index contributed by atoms with van der Waals surface area (Å²) in [4.78, 5) is 38.1. The summed E-state index contributed by atoms with van der Waals surface area (Å²) in [6, 6.07) is 0. The van der Waals surface area contributed by atoms with Gasteiger partial charge in [-0.3, -0.25) is 14.4 Å². The first-order chi connectivity index (χ1) is 36.5. The smallest absolute Gasteiger partial charge is 0.306 e. The minimum absolute atomic E-state index is 0.0920. The molecule has 0 saturated carbocycles. The van der Waals surface area contributed by atoms with Crippen LogP contribution in [0.25, 0.3) is 0 Å². The highest BCUT2D eigenvalue weighted by Crippen LogP contribution is 2.14. The molecule has 74 heavy (non-hydrogen) atoms. The van der Waals surface area contributed by atoms with E-state index in [1.807, 2.05) is 0 Å². The van der Waals surface area contributed by atoms with Gasteiger partial charge in [-0.2, -0.15) is 0 Å². The van der Waals surface area contributed by atoms with Crippen LogP contribution in [0, 0.1) is 0 Å². The molecule has 0 saturated heterocycles. The Morgan fingerprint density at radius 1 is 0.284 bits per heavy atom. The summed E-state index contributed by atoms with van der Waals surface area (Å²) >= 11 is 0. The van der Waals surface area contributed by atoms with E-state index < -0.39 is 6.10 Å². The fourth-order valence-corrected chi connectivity index (χ4v) is 8.10. The summed E-state index contributed by atoms with van der Waals surface area (Å²) in [6.45, 7) is 6.43. The number of hydrogen-bond donors (Lipinski definition) is 0. The molecular weight excluding hydrogens is 913 g/mol. The van der Waals surface area contributed by atoms with E-state index in [4.69, 9.17) is 14.2 Å². The van der Waals surface area contributed by atoms with Crippen molar-refractivity contribution >= 4 is 17.9 Å². The van der Waals surface area contributed by atoms with E-state index >= 15 is 0 Å². The summed E-state index contributed by atoms with van der Waals surface area (Å²) in [5.74, 6) is -0.926. The maximum Gasteiger partial charge on any atom is 0.306 e. The molecule has 1 unspecified atom stereocenters. The number of carbonyl (C=O) groups is 3. The molecule has 6 heteroatoms.